The van der Waals surface area contributed by atoms with Crippen molar-refractivity contribution < 1.29 is 19.2 Å². The zero-order chi connectivity index (χ0) is 13.7. The summed E-state index contributed by atoms with van der Waals surface area (Å²) in [5.74, 6) is 16.4. The van der Waals surface area contributed by atoms with Gasteiger partial charge in [0, 0.05) is 6.54 Å². The van der Waals surface area contributed by atoms with Gasteiger partial charge in [0.15, 0.2) is 12.3 Å². The van der Waals surface area contributed by atoms with Crippen LogP contribution in [0.25, 0.3) is 0 Å². The smallest absolute Gasteiger partial charge is 0.181 e. The molecule has 8 heteroatoms. The van der Waals surface area contributed by atoms with Crippen molar-refractivity contribution in [1.82, 2.24) is 5.32 Å². The maximum Gasteiger partial charge on any atom is 0.181 e. The van der Waals surface area contributed by atoms with E-state index in [0.717, 1.165) is 0 Å². The van der Waals surface area contributed by atoms with Crippen molar-refractivity contribution in [2.24, 2.45) is 17.7 Å². The molecule has 1 aliphatic heterocycles. The number of rotatable bonds is 5. The van der Waals surface area contributed by atoms with Crippen molar-refractivity contribution in [3.05, 3.63) is 30.3 Å². The highest BCUT2D eigenvalue weighted by atomic mass is 16.7. The second-order valence-electron chi connectivity index (χ2n) is 4.14. The molecule has 0 bridgehead atoms. The van der Waals surface area contributed by atoms with Crippen LogP contribution in [0.5, 0.6) is 5.75 Å². The van der Waals surface area contributed by atoms with Gasteiger partial charge in [0.25, 0.3) is 0 Å². The molecule has 4 atom stereocenters. The zero-order valence-electron chi connectivity index (χ0n) is 10.3. The first kappa shape index (κ1) is 14.2. The Balaban J connectivity index is 2.08. The normalized spacial score (nSPS) is 31.1. The number of benzene rings is 1. The lowest BCUT2D eigenvalue weighted by molar-refractivity contribution is -0.193. The molecule has 8 nitrogen and oxygen atoms in total. The first-order valence-corrected chi connectivity index (χ1v) is 5.82. The van der Waals surface area contributed by atoms with Crippen LogP contribution in [0.15, 0.2) is 30.3 Å². The van der Waals surface area contributed by atoms with Gasteiger partial charge in [-0.3, -0.25) is 19.8 Å². The van der Waals surface area contributed by atoms with Gasteiger partial charge in [-0.2, -0.15) is 0 Å². The number of hydrogen-bond acceptors (Lipinski definition) is 8. The Labute approximate surface area is 110 Å². The second kappa shape index (κ2) is 6.78. The molecule has 0 unspecified atom stereocenters. The predicted molar refractivity (Wildman–Crippen MR) is 66.0 cm³/mol. The fourth-order valence-electron chi connectivity index (χ4n) is 2.04. The van der Waals surface area contributed by atoms with Crippen LogP contribution in [0.4, 0.5) is 0 Å². The number of hydrogen-bond donors (Lipinski definition) is 4. The average Bonchev–Trinajstić information content (AvgIpc) is 2.47. The molecule has 1 aromatic rings. The topological polar surface area (TPSA) is 127 Å². The Morgan fingerprint density at radius 3 is 2.21 bits per heavy atom. The molecule has 106 valence electrons. The first-order valence-electron chi connectivity index (χ1n) is 5.82. The minimum absolute atomic E-state index is 0.399. The molecule has 1 fully saturated rings. The van der Waals surface area contributed by atoms with Gasteiger partial charge in [-0.1, -0.05) is 18.2 Å². The third-order valence-electron chi connectivity index (χ3n) is 3.00. The lowest BCUT2D eigenvalue weighted by Gasteiger charge is -2.39. The van der Waals surface area contributed by atoms with Crippen molar-refractivity contribution in [1.29, 1.82) is 0 Å². The average molecular weight is 270 g/mol. The highest BCUT2D eigenvalue weighted by Crippen LogP contribution is 2.20. The summed E-state index contributed by atoms with van der Waals surface area (Å²) in [4.78, 5) is 14.5. The Morgan fingerprint density at radius 2 is 1.63 bits per heavy atom. The van der Waals surface area contributed by atoms with Crippen LogP contribution in [-0.2, 0) is 14.5 Å². The van der Waals surface area contributed by atoms with Crippen LogP contribution >= 0.6 is 0 Å². The quantitative estimate of drug-likeness (QED) is 0.490. The van der Waals surface area contributed by atoms with Gasteiger partial charge in [-0.25, -0.2) is 17.7 Å². The molecule has 0 radical (unpaired) electrons. The highest BCUT2D eigenvalue weighted by Gasteiger charge is 2.43. The van der Waals surface area contributed by atoms with Crippen molar-refractivity contribution in [3.8, 4) is 5.75 Å². The van der Waals surface area contributed by atoms with E-state index in [2.05, 4.69) is 5.32 Å². The monoisotopic (exact) mass is 270 g/mol. The predicted octanol–water partition coefficient (Wildman–Crippen LogP) is -1.23. The minimum atomic E-state index is -0.660. The van der Waals surface area contributed by atoms with Gasteiger partial charge in [0.1, 0.15) is 18.0 Å². The van der Waals surface area contributed by atoms with E-state index in [1.165, 1.54) is 0 Å². The molecule has 0 amide bonds. The van der Waals surface area contributed by atoms with Gasteiger partial charge in [-0.15, -0.1) is 0 Å². The fraction of sp³-hybridized carbons (Fsp3) is 0.455. The van der Waals surface area contributed by atoms with Gasteiger partial charge >= 0.3 is 0 Å². The molecule has 0 saturated carbocycles. The van der Waals surface area contributed by atoms with Crippen molar-refractivity contribution in [3.63, 3.8) is 0 Å². The maximum absolute atomic E-state index is 5.74. The maximum atomic E-state index is 5.74. The summed E-state index contributed by atoms with van der Waals surface area (Å²) >= 11 is 0. The van der Waals surface area contributed by atoms with Gasteiger partial charge in [-0.05, 0) is 12.1 Å². The Morgan fingerprint density at radius 1 is 0.947 bits per heavy atom. The number of ether oxygens (including phenoxy) is 1. The van der Waals surface area contributed by atoms with Gasteiger partial charge in [0.2, 0.25) is 0 Å². The summed E-state index contributed by atoms with van der Waals surface area (Å²) in [6.45, 7) is 0.399. The molecule has 7 N–H and O–H groups in total. The number of para-hydroxylation sites is 1. The van der Waals surface area contributed by atoms with E-state index in [0.29, 0.717) is 12.3 Å². The van der Waals surface area contributed by atoms with Crippen LogP contribution in [-0.4, -0.2) is 31.1 Å². The Bertz CT molecular complexity index is 380. The molecular weight excluding hydrogens is 252 g/mol. The third-order valence-corrected chi connectivity index (χ3v) is 3.00. The summed E-state index contributed by atoms with van der Waals surface area (Å²) in [6, 6.07) is 9.25. The van der Waals surface area contributed by atoms with Crippen LogP contribution in [0.1, 0.15) is 0 Å². The van der Waals surface area contributed by atoms with E-state index in [9.17, 15) is 0 Å². The van der Waals surface area contributed by atoms with E-state index in [1.54, 1.807) is 0 Å². The molecule has 1 aromatic carbocycles. The van der Waals surface area contributed by atoms with Crippen LogP contribution in [0, 0.1) is 0 Å². The summed E-state index contributed by atoms with van der Waals surface area (Å²) < 4.78 is 5.74. The highest BCUT2D eigenvalue weighted by molar-refractivity contribution is 5.21. The van der Waals surface area contributed by atoms with Crippen molar-refractivity contribution in [2.45, 2.75) is 24.5 Å². The van der Waals surface area contributed by atoms with Crippen molar-refractivity contribution >= 4 is 0 Å². The molecular formula is C11H18N4O4. The molecule has 0 aromatic heterocycles. The van der Waals surface area contributed by atoms with Gasteiger partial charge in [0.05, 0.1) is 0 Å². The van der Waals surface area contributed by atoms with Crippen LogP contribution in [0.2, 0.25) is 0 Å². The van der Waals surface area contributed by atoms with E-state index in [4.69, 9.17) is 36.9 Å². The van der Waals surface area contributed by atoms with E-state index in [1.807, 2.05) is 30.3 Å². The lowest BCUT2D eigenvalue weighted by atomic mass is 10.0. The molecule has 1 saturated heterocycles. The summed E-state index contributed by atoms with van der Waals surface area (Å²) in [5.41, 5.74) is 0. The van der Waals surface area contributed by atoms with E-state index >= 15 is 0 Å². The van der Waals surface area contributed by atoms with Crippen LogP contribution in [0.3, 0.4) is 0 Å². The summed E-state index contributed by atoms with van der Waals surface area (Å²) in [7, 11) is 0. The lowest BCUT2D eigenvalue weighted by Crippen LogP contribution is -2.65. The fourth-order valence-corrected chi connectivity index (χ4v) is 2.04. The number of nitrogens with two attached hydrogens (primary N) is 3. The molecule has 1 aliphatic rings. The third kappa shape index (κ3) is 3.19. The van der Waals surface area contributed by atoms with Crippen LogP contribution < -0.4 is 27.7 Å². The standard InChI is InChI=1S/C11H18N4O4/c12-17-8-6-15-11(10(19-14)9(8)18-13)16-7-4-2-1-3-5-7/h1-5,8-11,15H,6,12-14H2/t8-,9+,10-,11+/m1/s1. The van der Waals surface area contributed by atoms with E-state index < -0.39 is 24.5 Å². The Kier molecular flexibility index (Phi) is 5.05. The van der Waals surface area contributed by atoms with E-state index in [-0.39, 0.29) is 0 Å². The Hall–Kier alpha value is -1.26. The molecule has 0 aliphatic carbocycles. The molecule has 1 heterocycles. The molecule has 0 spiro atoms. The second-order valence-corrected chi connectivity index (χ2v) is 4.14. The van der Waals surface area contributed by atoms with Crippen molar-refractivity contribution in [2.75, 3.05) is 6.54 Å². The first-order chi connectivity index (χ1) is 9.30. The minimum Gasteiger partial charge on any atom is -0.472 e. The number of nitrogens with one attached hydrogen (secondary N) is 1. The summed E-state index contributed by atoms with van der Waals surface area (Å²) in [6.07, 6.45) is -2.29. The van der Waals surface area contributed by atoms with Gasteiger partial charge < -0.3 is 4.74 Å². The zero-order valence-corrected chi connectivity index (χ0v) is 10.3. The number of piperidine rings is 1. The molecule has 19 heavy (non-hydrogen) atoms. The SMILES string of the molecule is NO[C@@H]1[C@@H](ON)[C@H](Oc2ccccc2)NC[C@H]1ON. The molecule has 2 rings (SSSR count). The summed E-state index contributed by atoms with van der Waals surface area (Å²) in [5, 5.41) is 3.07. The largest absolute Gasteiger partial charge is 0.472 e.